The summed E-state index contributed by atoms with van der Waals surface area (Å²) in [6.45, 7) is 2.07. The average molecular weight is 307 g/mol. The molecule has 0 N–H and O–H groups in total. The first kappa shape index (κ1) is 16.3. The van der Waals surface area contributed by atoms with Gasteiger partial charge in [-0.05, 0) is 47.9 Å². The first-order valence-corrected chi connectivity index (χ1v) is 7.21. The lowest BCUT2D eigenvalue weighted by molar-refractivity contribution is -0.137. The molecule has 0 fully saturated rings. The topological polar surface area (TPSA) is 59.3 Å². The highest BCUT2D eigenvalue weighted by atomic mass is 16.5. The molecule has 4 nitrogen and oxygen atoms in total. The molecular formula is C19H17NO3. The molecule has 4 heteroatoms. The summed E-state index contributed by atoms with van der Waals surface area (Å²) < 4.78 is 10.2. The van der Waals surface area contributed by atoms with Crippen molar-refractivity contribution >= 4 is 11.5 Å². The monoisotopic (exact) mass is 307 g/mol. The number of carbonyl (C=O) groups excluding carboxylic acids is 1. The van der Waals surface area contributed by atoms with E-state index in [4.69, 9.17) is 14.7 Å². The number of rotatable bonds is 5. The van der Waals surface area contributed by atoms with Gasteiger partial charge in [-0.15, -0.1) is 0 Å². The molecule has 2 aromatic carbocycles. The van der Waals surface area contributed by atoms with Gasteiger partial charge >= 0.3 is 5.97 Å². The van der Waals surface area contributed by atoms with E-state index in [-0.39, 0.29) is 0 Å². The van der Waals surface area contributed by atoms with Crippen molar-refractivity contribution in [3.8, 4) is 11.8 Å². The number of hydrogen-bond donors (Lipinski definition) is 0. The van der Waals surface area contributed by atoms with E-state index in [0.29, 0.717) is 17.7 Å². The Bertz CT molecular complexity index is 755. The molecule has 0 aliphatic rings. The number of benzene rings is 2. The summed E-state index contributed by atoms with van der Waals surface area (Å²) in [5.74, 6) is 0.315. The average Bonchev–Trinajstić information content (AvgIpc) is 2.60. The molecule has 0 spiro atoms. The van der Waals surface area contributed by atoms with E-state index in [1.54, 1.807) is 32.2 Å². The Morgan fingerprint density at radius 3 is 2.52 bits per heavy atom. The molecule has 0 heterocycles. The molecular weight excluding hydrogens is 290 g/mol. The number of hydrogen-bond acceptors (Lipinski definition) is 4. The highest BCUT2D eigenvalue weighted by Gasteiger charge is 2.10. The SMILES string of the molecule is CCOC(=O)C=C(c1ccc(OC)cc1)c1cccc(C#N)c1. The second-order valence-electron chi connectivity index (χ2n) is 4.73. The molecule has 0 aliphatic carbocycles. The first-order chi connectivity index (χ1) is 11.2. The largest absolute Gasteiger partial charge is 0.497 e. The molecule has 0 atom stereocenters. The first-order valence-electron chi connectivity index (χ1n) is 7.21. The summed E-state index contributed by atoms with van der Waals surface area (Å²) in [5, 5.41) is 9.07. The van der Waals surface area contributed by atoms with Crippen molar-refractivity contribution in [2.45, 2.75) is 6.92 Å². The van der Waals surface area contributed by atoms with Gasteiger partial charge in [0.1, 0.15) is 5.75 Å². The van der Waals surface area contributed by atoms with Crippen LogP contribution in [0.4, 0.5) is 0 Å². The van der Waals surface area contributed by atoms with Gasteiger partial charge in [0.15, 0.2) is 0 Å². The maximum Gasteiger partial charge on any atom is 0.331 e. The van der Waals surface area contributed by atoms with Crippen molar-refractivity contribution in [2.24, 2.45) is 0 Å². The van der Waals surface area contributed by atoms with Crippen LogP contribution in [0.5, 0.6) is 5.75 Å². The molecule has 0 saturated carbocycles. The quantitative estimate of drug-likeness (QED) is 0.626. The molecule has 2 aromatic rings. The zero-order valence-corrected chi connectivity index (χ0v) is 13.1. The molecule has 116 valence electrons. The second-order valence-corrected chi connectivity index (χ2v) is 4.73. The van der Waals surface area contributed by atoms with Crippen molar-refractivity contribution in [3.05, 3.63) is 71.3 Å². The summed E-state index contributed by atoms with van der Waals surface area (Å²) in [6, 6.07) is 16.6. The molecule has 0 amide bonds. The van der Waals surface area contributed by atoms with Gasteiger partial charge in [0.2, 0.25) is 0 Å². The molecule has 0 bridgehead atoms. The van der Waals surface area contributed by atoms with Crippen molar-refractivity contribution < 1.29 is 14.3 Å². The van der Waals surface area contributed by atoms with Crippen LogP contribution in [-0.4, -0.2) is 19.7 Å². The fourth-order valence-corrected chi connectivity index (χ4v) is 2.16. The molecule has 0 aliphatic heterocycles. The minimum atomic E-state index is -0.416. The van der Waals surface area contributed by atoms with Crippen LogP contribution in [0, 0.1) is 11.3 Å². The van der Waals surface area contributed by atoms with Gasteiger partial charge in [0.05, 0.1) is 25.3 Å². The van der Waals surface area contributed by atoms with Crippen LogP contribution in [0.2, 0.25) is 0 Å². The number of methoxy groups -OCH3 is 1. The van der Waals surface area contributed by atoms with Gasteiger partial charge in [-0.25, -0.2) is 4.79 Å². The van der Waals surface area contributed by atoms with Crippen LogP contribution in [0.25, 0.3) is 5.57 Å². The summed E-state index contributed by atoms with van der Waals surface area (Å²) >= 11 is 0. The lowest BCUT2D eigenvalue weighted by atomic mass is 9.96. The number of ether oxygens (including phenoxy) is 2. The molecule has 0 aromatic heterocycles. The number of esters is 1. The molecule has 23 heavy (non-hydrogen) atoms. The zero-order valence-electron chi connectivity index (χ0n) is 13.1. The van der Waals surface area contributed by atoms with Crippen LogP contribution in [-0.2, 0) is 9.53 Å². The number of nitriles is 1. The van der Waals surface area contributed by atoms with E-state index in [0.717, 1.165) is 16.9 Å². The van der Waals surface area contributed by atoms with Gasteiger partial charge in [-0.2, -0.15) is 5.26 Å². The third-order valence-electron chi connectivity index (χ3n) is 3.25. The van der Waals surface area contributed by atoms with Crippen molar-refractivity contribution in [3.63, 3.8) is 0 Å². The van der Waals surface area contributed by atoms with E-state index in [1.807, 2.05) is 30.3 Å². The van der Waals surface area contributed by atoms with Gasteiger partial charge in [-0.1, -0.05) is 24.3 Å². The van der Waals surface area contributed by atoms with Crippen LogP contribution in [0.3, 0.4) is 0 Å². The summed E-state index contributed by atoms with van der Waals surface area (Å²) in [4.78, 5) is 11.9. The van der Waals surface area contributed by atoms with E-state index in [9.17, 15) is 4.79 Å². The van der Waals surface area contributed by atoms with E-state index >= 15 is 0 Å². The van der Waals surface area contributed by atoms with Crippen molar-refractivity contribution in [1.29, 1.82) is 5.26 Å². The van der Waals surface area contributed by atoms with Crippen LogP contribution in [0.1, 0.15) is 23.6 Å². The maximum atomic E-state index is 11.9. The van der Waals surface area contributed by atoms with Gasteiger partial charge in [0.25, 0.3) is 0 Å². The van der Waals surface area contributed by atoms with Gasteiger partial charge in [0, 0.05) is 6.08 Å². The molecule has 0 radical (unpaired) electrons. The lowest BCUT2D eigenvalue weighted by Crippen LogP contribution is -2.02. The maximum absolute atomic E-state index is 11.9. The van der Waals surface area contributed by atoms with Gasteiger partial charge < -0.3 is 9.47 Å². The number of nitrogens with zero attached hydrogens (tertiary/aromatic N) is 1. The minimum Gasteiger partial charge on any atom is -0.497 e. The highest BCUT2D eigenvalue weighted by molar-refractivity contribution is 5.96. The molecule has 2 rings (SSSR count). The van der Waals surface area contributed by atoms with Gasteiger partial charge in [-0.3, -0.25) is 0 Å². The van der Waals surface area contributed by atoms with E-state index in [2.05, 4.69) is 6.07 Å². The summed E-state index contributed by atoms with van der Waals surface area (Å²) in [5.41, 5.74) is 2.85. The third-order valence-corrected chi connectivity index (χ3v) is 3.25. The Labute approximate surface area is 135 Å². The van der Waals surface area contributed by atoms with Crippen LogP contribution in [0.15, 0.2) is 54.6 Å². The Kier molecular flexibility index (Phi) is 5.54. The summed E-state index contributed by atoms with van der Waals surface area (Å²) in [6.07, 6.45) is 1.45. The normalized spacial score (nSPS) is 10.7. The molecule has 0 unspecified atom stereocenters. The van der Waals surface area contributed by atoms with Crippen molar-refractivity contribution in [1.82, 2.24) is 0 Å². The zero-order chi connectivity index (χ0) is 16.7. The second kappa shape index (κ2) is 7.81. The van der Waals surface area contributed by atoms with Crippen molar-refractivity contribution in [2.75, 3.05) is 13.7 Å². The van der Waals surface area contributed by atoms with Crippen LogP contribution >= 0.6 is 0 Å². The Balaban J connectivity index is 2.50. The smallest absolute Gasteiger partial charge is 0.331 e. The fourth-order valence-electron chi connectivity index (χ4n) is 2.16. The minimum absolute atomic E-state index is 0.309. The Morgan fingerprint density at radius 1 is 1.17 bits per heavy atom. The van der Waals surface area contributed by atoms with E-state index < -0.39 is 5.97 Å². The highest BCUT2D eigenvalue weighted by Crippen LogP contribution is 2.26. The predicted octanol–water partition coefficient (Wildman–Crippen LogP) is 3.56. The third kappa shape index (κ3) is 4.21. The summed E-state index contributed by atoms with van der Waals surface area (Å²) in [7, 11) is 1.60. The van der Waals surface area contributed by atoms with Crippen LogP contribution < -0.4 is 4.74 Å². The number of carbonyl (C=O) groups is 1. The lowest BCUT2D eigenvalue weighted by Gasteiger charge is -2.10. The standard InChI is InChI=1S/C19H17NO3/c1-3-23-19(21)12-18(15-7-9-17(22-2)10-8-15)16-6-4-5-14(11-16)13-20/h4-12H,3H2,1-2H3. The Morgan fingerprint density at radius 2 is 1.91 bits per heavy atom. The van der Waals surface area contributed by atoms with E-state index in [1.165, 1.54) is 6.08 Å². The fraction of sp³-hybridized carbons (Fsp3) is 0.158. The predicted molar refractivity (Wildman–Crippen MR) is 87.9 cm³/mol. The molecule has 0 saturated heterocycles. The Hall–Kier alpha value is -3.06.